The van der Waals surface area contributed by atoms with Crippen molar-refractivity contribution in [2.45, 2.75) is 6.18 Å². The second-order valence-corrected chi connectivity index (χ2v) is 8.07. The summed E-state index contributed by atoms with van der Waals surface area (Å²) in [7, 11) is 4.24. The van der Waals surface area contributed by atoms with Gasteiger partial charge in [-0.05, 0) is 36.4 Å². The molecule has 0 atom stereocenters. The number of carbonyl (C=O) groups is 1. The molecule has 1 heterocycles. The predicted molar refractivity (Wildman–Crippen MR) is 140 cm³/mol. The maximum absolute atomic E-state index is 13.5. The van der Waals surface area contributed by atoms with Crippen molar-refractivity contribution in [1.82, 2.24) is 9.97 Å². The second-order valence-electron chi connectivity index (χ2n) is 8.07. The van der Waals surface area contributed by atoms with Crippen LogP contribution in [0.3, 0.4) is 0 Å². The number of amides is 2. The maximum atomic E-state index is 13.5. The van der Waals surface area contributed by atoms with Gasteiger partial charge in [-0.3, -0.25) is 0 Å². The molecular weight excluding hydrogens is 533 g/mol. The number of anilines is 2. The number of nitrogens with one attached hydrogen (secondary N) is 1. The molecule has 13 heteroatoms. The first-order valence-corrected chi connectivity index (χ1v) is 11.8. The highest BCUT2D eigenvalue weighted by atomic mass is 19.4. The average Bonchev–Trinajstić information content (AvgIpc) is 2.95. The number of hydroxylamine groups is 1. The quantitative estimate of drug-likeness (QED) is 0.195. The Kier molecular flexibility index (Phi) is 8.74. The molecule has 210 valence electrons. The zero-order valence-corrected chi connectivity index (χ0v) is 21.7. The molecule has 0 saturated carbocycles. The highest BCUT2D eigenvalue weighted by molar-refractivity contribution is 6.01. The highest BCUT2D eigenvalue weighted by Crippen LogP contribution is 2.38. The van der Waals surface area contributed by atoms with E-state index >= 15 is 0 Å². The molecule has 1 N–H and O–H groups in total. The fraction of sp³-hybridized carbons (Fsp3) is 0.222. The van der Waals surface area contributed by atoms with Crippen LogP contribution < -0.4 is 29.4 Å². The van der Waals surface area contributed by atoms with Gasteiger partial charge in [0.15, 0.2) is 0 Å². The van der Waals surface area contributed by atoms with E-state index in [1.165, 1.54) is 21.3 Å². The first-order chi connectivity index (χ1) is 19.2. The molecule has 0 spiro atoms. The molecule has 0 radical (unpaired) electrons. The number of aromatic nitrogens is 2. The molecule has 10 nitrogen and oxygen atoms in total. The number of halogens is 3. The molecule has 2 amide bonds. The third-order valence-corrected chi connectivity index (χ3v) is 5.47. The number of hydrogen-bond donors (Lipinski definition) is 1. The number of fused-ring (bicyclic) bond motifs is 1. The van der Waals surface area contributed by atoms with Crippen LogP contribution in [0.15, 0.2) is 66.7 Å². The lowest BCUT2D eigenvalue weighted by Gasteiger charge is -2.23. The van der Waals surface area contributed by atoms with Gasteiger partial charge in [0.05, 0.1) is 37.6 Å². The van der Waals surface area contributed by atoms with Crippen molar-refractivity contribution in [3.63, 3.8) is 0 Å². The van der Waals surface area contributed by atoms with Crippen LogP contribution in [-0.2, 0) is 10.9 Å². The van der Waals surface area contributed by atoms with Gasteiger partial charge < -0.3 is 29.1 Å². The normalized spacial score (nSPS) is 11.2. The van der Waals surface area contributed by atoms with E-state index < -0.39 is 23.5 Å². The molecule has 0 saturated heterocycles. The van der Waals surface area contributed by atoms with Crippen molar-refractivity contribution in [2.24, 2.45) is 0 Å². The van der Waals surface area contributed by atoms with E-state index in [1.54, 1.807) is 48.5 Å². The summed E-state index contributed by atoms with van der Waals surface area (Å²) in [6.07, 6.45) is -4.67. The van der Waals surface area contributed by atoms with E-state index in [4.69, 9.17) is 23.8 Å². The fourth-order valence-electron chi connectivity index (χ4n) is 3.65. The van der Waals surface area contributed by atoms with Gasteiger partial charge in [-0.2, -0.15) is 23.1 Å². The van der Waals surface area contributed by atoms with Crippen LogP contribution in [0.4, 0.5) is 29.3 Å². The minimum absolute atomic E-state index is 0.0234. The number of nitrogens with zero attached hydrogens (tertiary/aromatic N) is 3. The number of hydrogen-bond acceptors (Lipinski definition) is 8. The first-order valence-electron chi connectivity index (χ1n) is 11.8. The van der Waals surface area contributed by atoms with Gasteiger partial charge in [-0.15, -0.1) is 5.06 Å². The van der Waals surface area contributed by atoms with Crippen LogP contribution in [-0.4, -0.2) is 50.5 Å². The lowest BCUT2D eigenvalue weighted by molar-refractivity contribution is -0.139. The molecule has 0 aliphatic rings. The summed E-state index contributed by atoms with van der Waals surface area (Å²) in [5.41, 5.74) is -0.249. The molecule has 0 aliphatic heterocycles. The number of alkyl halides is 3. The Balaban J connectivity index is 1.72. The Morgan fingerprint density at radius 3 is 2.35 bits per heavy atom. The number of benzene rings is 3. The van der Waals surface area contributed by atoms with E-state index in [1.807, 2.05) is 0 Å². The van der Waals surface area contributed by atoms with Gasteiger partial charge in [0.25, 0.3) is 5.88 Å². The summed E-state index contributed by atoms with van der Waals surface area (Å²) in [6.45, 7) is -0.0516. The largest absolute Gasteiger partial charge is 0.496 e. The van der Waals surface area contributed by atoms with Crippen LogP contribution in [0, 0.1) is 0 Å². The van der Waals surface area contributed by atoms with Gasteiger partial charge in [-0.25, -0.2) is 4.79 Å². The second kappa shape index (κ2) is 12.4. The molecule has 0 aliphatic carbocycles. The summed E-state index contributed by atoms with van der Waals surface area (Å²) in [5.74, 6) is -0.149. The molecule has 4 aromatic rings. The van der Waals surface area contributed by atoms with Crippen molar-refractivity contribution in [2.75, 3.05) is 44.9 Å². The monoisotopic (exact) mass is 558 g/mol. The van der Waals surface area contributed by atoms with Crippen LogP contribution in [0.25, 0.3) is 10.9 Å². The first kappa shape index (κ1) is 28.2. The standard InChI is InChI=1S/C27H25F3N4O6/c1-36-14-15-39-22-16-17(12-13-19(22)27(28,29)30)31-26(35)34(18-8-5-4-6-9-18)40-24-23-20(32-25(33-24)38-3)10-7-11-21(23)37-2/h4-13,16H,14-15H2,1-3H3,(H,31,35). The van der Waals surface area contributed by atoms with Gasteiger partial charge in [0, 0.05) is 18.9 Å². The lowest BCUT2D eigenvalue weighted by atomic mass is 10.1. The Morgan fingerprint density at radius 1 is 0.900 bits per heavy atom. The topological polar surface area (TPSA) is 104 Å². The van der Waals surface area contributed by atoms with Crippen molar-refractivity contribution >= 4 is 28.3 Å². The molecule has 3 aromatic carbocycles. The highest BCUT2D eigenvalue weighted by Gasteiger charge is 2.35. The summed E-state index contributed by atoms with van der Waals surface area (Å²) in [6, 6.07) is 15.5. The number of ether oxygens (including phenoxy) is 4. The summed E-state index contributed by atoms with van der Waals surface area (Å²) in [5, 5.41) is 3.82. The molecule has 40 heavy (non-hydrogen) atoms. The van der Waals surface area contributed by atoms with E-state index in [-0.39, 0.29) is 30.8 Å². The molecule has 4 rings (SSSR count). The molecule has 0 fully saturated rings. The molecule has 0 unspecified atom stereocenters. The number of methoxy groups -OCH3 is 3. The van der Waals surface area contributed by atoms with Gasteiger partial charge in [-0.1, -0.05) is 24.3 Å². The zero-order chi connectivity index (χ0) is 28.7. The van der Waals surface area contributed by atoms with Crippen molar-refractivity contribution in [3.05, 3.63) is 72.3 Å². The third kappa shape index (κ3) is 6.43. The smallest absolute Gasteiger partial charge is 0.419 e. The van der Waals surface area contributed by atoms with E-state index in [9.17, 15) is 18.0 Å². The number of para-hydroxylation sites is 1. The molecular formula is C27H25F3N4O6. The Hall–Kier alpha value is -4.78. The fourth-order valence-corrected chi connectivity index (χ4v) is 3.65. The summed E-state index contributed by atoms with van der Waals surface area (Å²) < 4.78 is 61.4. The van der Waals surface area contributed by atoms with Crippen molar-refractivity contribution in [3.8, 4) is 23.4 Å². The Morgan fingerprint density at radius 2 is 1.68 bits per heavy atom. The van der Waals surface area contributed by atoms with Crippen molar-refractivity contribution < 1.29 is 41.8 Å². The minimum atomic E-state index is -4.67. The third-order valence-electron chi connectivity index (χ3n) is 5.47. The maximum Gasteiger partial charge on any atom is 0.419 e. The number of rotatable bonds is 10. The SMILES string of the molecule is COCCOc1cc(NC(=O)N(Oc2nc(OC)nc3cccc(OC)c23)c2ccccc2)ccc1C(F)(F)F. The molecule has 1 aromatic heterocycles. The Bertz CT molecular complexity index is 1470. The van der Waals surface area contributed by atoms with Crippen LogP contribution >= 0.6 is 0 Å². The molecule has 0 bridgehead atoms. The van der Waals surface area contributed by atoms with E-state index in [0.29, 0.717) is 22.3 Å². The van der Waals surface area contributed by atoms with Gasteiger partial charge in [0.2, 0.25) is 0 Å². The summed E-state index contributed by atoms with van der Waals surface area (Å²) >= 11 is 0. The number of urea groups is 1. The zero-order valence-electron chi connectivity index (χ0n) is 21.7. The minimum Gasteiger partial charge on any atom is -0.496 e. The van der Waals surface area contributed by atoms with Crippen LogP contribution in [0.1, 0.15) is 5.56 Å². The average molecular weight is 559 g/mol. The van der Waals surface area contributed by atoms with Crippen molar-refractivity contribution in [1.29, 1.82) is 0 Å². The van der Waals surface area contributed by atoms with Crippen LogP contribution in [0.2, 0.25) is 0 Å². The van der Waals surface area contributed by atoms with Gasteiger partial charge in [0.1, 0.15) is 23.5 Å². The number of carbonyl (C=O) groups excluding carboxylic acids is 1. The predicted octanol–water partition coefficient (Wildman–Crippen LogP) is 5.72. The summed E-state index contributed by atoms with van der Waals surface area (Å²) in [4.78, 5) is 28.1. The van der Waals surface area contributed by atoms with E-state index in [0.717, 1.165) is 23.3 Å². The lowest BCUT2D eigenvalue weighted by Crippen LogP contribution is -2.38. The Labute approximate surface area is 227 Å². The van der Waals surface area contributed by atoms with E-state index in [2.05, 4.69) is 15.3 Å². The van der Waals surface area contributed by atoms with Crippen LogP contribution in [0.5, 0.6) is 23.4 Å². The van der Waals surface area contributed by atoms with Gasteiger partial charge >= 0.3 is 18.2 Å².